The van der Waals surface area contributed by atoms with Crippen molar-refractivity contribution in [1.82, 2.24) is 9.21 Å². The summed E-state index contributed by atoms with van der Waals surface area (Å²) in [5, 5.41) is 9.44. The molecule has 8 heteroatoms. The van der Waals surface area contributed by atoms with Crippen molar-refractivity contribution in [2.45, 2.75) is 50.8 Å². The second kappa shape index (κ2) is 9.47. The summed E-state index contributed by atoms with van der Waals surface area (Å²) < 4.78 is 27.4. The van der Waals surface area contributed by atoms with Crippen LogP contribution in [0, 0.1) is 17.8 Å². The Balaban J connectivity index is 1.62. The Morgan fingerprint density at radius 2 is 1.57 bits per heavy atom. The first kappa shape index (κ1) is 22.7. The highest BCUT2D eigenvalue weighted by Gasteiger charge is 2.39. The third-order valence-electron chi connectivity index (χ3n) is 6.16. The van der Waals surface area contributed by atoms with Gasteiger partial charge in [0.25, 0.3) is 0 Å². The number of carboxylic acid groups (broad SMARTS) is 1. The van der Waals surface area contributed by atoms with E-state index in [1.165, 1.54) is 4.31 Å². The van der Waals surface area contributed by atoms with E-state index in [4.69, 9.17) is 0 Å². The van der Waals surface area contributed by atoms with Crippen LogP contribution in [0.3, 0.4) is 0 Å². The first-order valence-electron chi connectivity index (χ1n) is 10.8. The van der Waals surface area contributed by atoms with Gasteiger partial charge in [0.2, 0.25) is 15.9 Å². The SMILES string of the molecule is CC(C)Cc1ccc(S(=O)(=O)N2CCN(C(=O)[C@@H]3CCCC[C@@H]3C(=O)O)CC2)cc1. The van der Waals surface area contributed by atoms with Crippen LogP contribution in [0.25, 0.3) is 0 Å². The number of carboxylic acids is 1. The van der Waals surface area contributed by atoms with Crippen LogP contribution in [0.4, 0.5) is 0 Å². The lowest BCUT2D eigenvalue weighted by Crippen LogP contribution is -2.53. The van der Waals surface area contributed by atoms with Crippen molar-refractivity contribution in [3.05, 3.63) is 29.8 Å². The Labute approximate surface area is 179 Å². The van der Waals surface area contributed by atoms with Gasteiger partial charge >= 0.3 is 5.97 Å². The molecule has 1 aromatic rings. The Kier molecular flexibility index (Phi) is 7.18. The molecule has 0 radical (unpaired) electrons. The number of carbonyl (C=O) groups is 2. The van der Waals surface area contributed by atoms with Gasteiger partial charge in [-0.15, -0.1) is 0 Å². The fraction of sp³-hybridized carbons (Fsp3) is 0.636. The molecule has 2 atom stereocenters. The van der Waals surface area contributed by atoms with E-state index in [2.05, 4.69) is 13.8 Å². The van der Waals surface area contributed by atoms with Crippen LogP contribution in [0.15, 0.2) is 29.2 Å². The van der Waals surface area contributed by atoms with Crippen LogP contribution in [0.1, 0.15) is 45.1 Å². The molecule has 0 unspecified atom stereocenters. The molecule has 3 rings (SSSR count). The molecule has 30 heavy (non-hydrogen) atoms. The third kappa shape index (κ3) is 5.03. The molecule has 1 aromatic carbocycles. The van der Waals surface area contributed by atoms with Crippen molar-refractivity contribution < 1.29 is 23.1 Å². The lowest BCUT2D eigenvalue weighted by atomic mass is 9.78. The van der Waals surface area contributed by atoms with E-state index < -0.39 is 27.8 Å². The van der Waals surface area contributed by atoms with Gasteiger partial charge in [0.15, 0.2) is 0 Å². The number of rotatable bonds is 6. The molecule has 0 spiro atoms. The minimum absolute atomic E-state index is 0.141. The van der Waals surface area contributed by atoms with E-state index in [1.807, 2.05) is 12.1 Å². The van der Waals surface area contributed by atoms with Crippen molar-refractivity contribution >= 4 is 21.9 Å². The summed E-state index contributed by atoms with van der Waals surface area (Å²) in [7, 11) is -3.60. The molecule has 1 aliphatic carbocycles. The zero-order valence-corrected chi connectivity index (χ0v) is 18.6. The summed E-state index contributed by atoms with van der Waals surface area (Å²) in [4.78, 5) is 26.3. The number of hydrogen-bond acceptors (Lipinski definition) is 4. The molecule has 2 fully saturated rings. The van der Waals surface area contributed by atoms with Crippen LogP contribution in [-0.4, -0.2) is 60.8 Å². The number of piperazine rings is 1. The average molecular weight is 437 g/mol. The molecule has 1 heterocycles. The summed E-state index contributed by atoms with van der Waals surface area (Å²) in [5.41, 5.74) is 1.11. The number of carbonyl (C=O) groups excluding carboxylic acids is 1. The maximum atomic E-state index is 13.0. The average Bonchev–Trinajstić information content (AvgIpc) is 2.73. The largest absolute Gasteiger partial charge is 0.481 e. The number of amides is 1. The van der Waals surface area contributed by atoms with E-state index in [9.17, 15) is 23.1 Å². The van der Waals surface area contributed by atoms with Gasteiger partial charge in [-0.3, -0.25) is 9.59 Å². The maximum absolute atomic E-state index is 13.0. The van der Waals surface area contributed by atoms with Crippen LogP contribution in [-0.2, 0) is 26.0 Å². The molecular weight excluding hydrogens is 404 g/mol. The molecule has 1 saturated carbocycles. The Morgan fingerprint density at radius 1 is 1.00 bits per heavy atom. The van der Waals surface area contributed by atoms with Crippen molar-refractivity contribution in [2.24, 2.45) is 17.8 Å². The molecule has 0 bridgehead atoms. The van der Waals surface area contributed by atoms with Crippen LogP contribution in [0.5, 0.6) is 0 Å². The molecule has 0 aromatic heterocycles. The number of sulfonamides is 1. The summed E-state index contributed by atoms with van der Waals surface area (Å²) in [6, 6.07) is 7.04. The van der Waals surface area contributed by atoms with Gasteiger partial charge < -0.3 is 10.0 Å². The smallest absolute Gasteiger partial charge is 0.307 e. The number of aliphatic carboxylic acids is 1. The maximum Gasteiger partial charge on any atom is 0.307 e. The Morgan fingerprint density at radius 3 is 2.10 bits per heavy atom. The normalized spacial score (nSPS) is 23.5. The molecule has 1 amide bonds. The van der Waals surface area contributed by atoms with Crippen molar-refractivity contribution in [3.8, 4) is 0 Å². The van der Waals surface area contributed by atoms with Crippen molar-refractivity contribution in [3.63, 3.8) is 0 Å². The second-order valence-corrected chi connectivity index (χ2v) is 10.7. The van der Waals surface area contributed by atoms with Crippen molar-refractivity contribution in [2.75, 3.05) is 26.2 Å². The zero-order chi connectivity index (χ0) is 21.9. The van der Waals surface area contributed by atoms with E-state index >= 15 is 0 Å². The summed E-state index contributed by atoms with van der Waals surface area (Å²) in [5.74, 6) is -1.67. The molecule has 1 saturated heterocycles. The quantitative estimate of drug-likeness (QED) is 0.740. The summed E-state index contributed by atoms with van der Waals surface area (Å²) in [6.07, 6.45) is 3.73. The van der Waals surface area contributed by atoms with E-state index in [-0.39, 0.29) is 23.9 Å². The highest BCUT2D eigenvalue weighted by molar-refractivity contribution is 7.89. The lowest BCUT2D eigenvalue weighted by Gasteiger charge is -2.38. The molecule has 2 aliphatic rings. The first-order valence-corrected chi connectivity index (χ1v) is 12.2. The molecule has 1 N–H and O–H groups in total. The second-order valence-electron chi connectivity index (χ2n) is 8.81. The number of hydrogen-bond donors (Lipinski definition) is 1. The predicted octanol–water partition coefficient (Wildman–Crippen LogP) is 2.61. The molecule has 7 nitrogen and oxygen atoms in total. The van der Waals surface area contributed by atoms with Gasteiger partial charge in [-0.2, -0.15) is 4.31 Å². The van der Waals surface area contributed by atoms with E-state index in [0.29, 0.717) is 31.8 Å². The van der Waals surface area contributed by atoms with Crippen LogP contribution in [0.2, 0.25) is 0 Å². The van der Waals surface area contributed by atoms with Crippen LogP contribution >= 0.6 is 0 Å². The highest BCUT2D eigenvalue weighted by atomic mass is 32.2. The Bertz CT molecular complexity index is 858. The third-order valence-corrected chi connectivity index (χ3v) is 8.07. The Hall–Kier alpha value is -1.93. The van der Waals surface area contributed by atoms with Crippen molar-refractivity contribution in [1.29, 1.82) is 0 Å². The lowest BCUT2D eigenvalue weighted by molar-refractivity contribution is -0.152. The first-order chi connectivity index (χ1) is 14.2. The minimum Gasteiger partial charge on any atom is -0.481 e. The minimum atomic E-state index is -3.60. The zero-order valence-electron chi connectivity index (χ0n) is 17.8. The summed E-state index contributed by atoms with van der Waals surface area (Å²) >= 11 is 0. The van der Waals surface area contributed by atoms with Gasteiger partial charge in [0.1, 0.15) is 0 Å². The topological polar surface area (TPSA) is 95.0 Å². The van der Waals surface area contributed by atoms with Crippen LogP contribution < -0.4 is 0 Å². The molecule has 166 valence electrons. The predicted molar refractivity (Wildman–Crippen MR) is 113 cm³/mol. The van der Waals surface area contributed by atoms with E-state index in [1.54, 1.807) is 17.0 Å². The molecular formula is C22H32N2O5S. The van der Waals surface area contributed by atoms with Gasteiger partial charge in [-0.25, -0.2) is 8.42 Å². The fourth-order valence-corrected chi connectivity index (χ4v) is 5.95. The van der Waals surface area contributed by atoms with Gasteiger partial charge in [-0.05, 0) is 42.9 Å². The highest BCUT2D eigenvalue weighted by Crippen LogP contribution is 2.32. The van der Waals surface area contributed by atoms with Gasteiger partial charge in [0.05, 0.1) is 16.7 Å². The summed E-state index contributed by atoms with van der Waals surface area (Å²) in [6.45, 7) is 5.30. The van der Waals surface area contributed by atoms with Gasteiger partial charge in [-0.1, -0.05) is 38.8 Å². The monoisotopic (exact) mass is 436 g/mol. The number of nitrogens with zero attached hydrogens (tertiary/aromatic N) is 2. The molecule has 1 aliphatic heterocycles. The van der Waals surface area contributed by atoms with Gasteiger partial charge in [0, 0.05) is 26.2 Å². The number of benzene rings is 1. The van der Waals surface area contributed by atoms with E-state index in [0.717, 1.165) is 24.8 Å². The standard InChI is InChI=1S/C22H32N2O5S/c1-16(2)15-17-7-9-18(10-8-17)30(28,29)24-13-11-23(12-14-24)21(25)19-5-3-4-6-20(19)22(26)27/h7-10,16,19-20H,3-6,11-15H2,1-2H3,(H,26,27)/t19-,20+/m1/s1. The fourth-order valence-electron chi connectivity index (χ4n) is 4.52.